The van der Waals surface area contributed by atoms with Gasteiger partial charge in [0.25, 0.3) is 10.1 Å². The zero-order valence-electron chi connectivity index (χ0n) is 20.8. The highest BCUT2D eigenvalue weighted by atomic mass is 32.2. The van der Waals surface area contributed by atoms with Crippen LogP contribution in [0.4, 0.5) is 0 Å². The summed E-state index contributed by atoms with van der Waals surface area (Å²) >= 11 is 0. The Kier molecular flexibility index (Phi) is 20.2. The van der Waals surface area contributed by atoms with E-state index in [9.17, 15) is 22.6 Å². The summed E-state index contributed by atoms with van der Waals surface area (Å²) in [6, 6.07) is 0. The van der Waals surface area contributed by atoms with Crippen LogP contribution in [0.5, 0.6) is 0 Å². The molecule has 0 aliphatic rings. The Hall–Kier alpha value is -1.41. The number of allylic oxidation sites excluding steroid dienone is 1. The third-order valence-electron chi connectivity index (χ3n) is 5.50. The fourth-order valence-electron chi connectivity index (χ4n) is 3.47. The number of carbonyl (C=O) groups excluding carboxylic acids is 2. The summed E-state index contributed by atoms with van der Waals surface area (Å²) in [6.45, 7) is 4.14. The van der Waals surface area contributed by atoms with Gasteiger partial charge < -0.3 is 9.47 Å². The molecule has 33 heavy (non-hydrogen) atoms. The Morgan fingerprint density at radius 1 is 0.788 bits per heavy atom. The van der Waals surface area contributed by atoms with Gasteiger partial charge in [-0.15, -0.1) is 0 Å². The SMILES string of the molecule is CC/C=C/OC(=O)CC(C(=O)OCCCCCCCCCCCCCCCCC)S(=O)(=O)O. The number of carbonyl (C=O) groups is 2. The summed E-state index contributed by atoms with van der Waals surface area (Å²) in [5.41, 5.74) is 0. The van der Waals surface area contributed by atoms with Gasteiger partial charge in [-0.25, -0.2) is 0 Å². The molecule has 0 aromatic carbocycles. The van der Waals surface area contributed by atoms with E-state index in [1.807, 2.05) is 6.92 Å². The van der Waals surface area contributed by atoms with E-state index in [-0.39, 0.29) is 6.61 Å². The Morgan fingerprint density at radius 2 is 1.24 bits per heavy atom. The smallest absolute Gasteiger partial charge is 0.327 e. The fourth-order valence-corrected chi connectivity index (χ4v) is 4.13. The van der Waals surface area contributed by atoms with Gasteiger partial charge in [0.05, 0.1) is 19.3 Å². The average Bonchev–Trinajstić information content (AvgIpc) is 2.76. The van der Waals surface area contributed by atoms with Crippen LogP contribution in [0.25, 0.3) is 0 Å². The normalized spacial score (nSPS) is 12.7. The van der Waals surface area contributed by atoms with Gasteiger partial charge in [-0.2, -0.15) is 8.42 Å². The second kappa shape index (κ2) is 21.1. The molecule has 8 heteroatoms. The van der Waals surface area contributed by atoms with Gasteiger partial charge in [-0.1, -0.05) is 104 Å². The minimum Gasteiger partial charge on any atom is -0.465 e. The Morgan fingerprint density at radius 3 is 1.67 bits per heavy atom. The van der Waals surface area contributed by atoms with Crippen LogP contribution in [0.2, 0.25) is 0 Å². The lowest BCUT2D eigenvalue weighted by molar-refractivity contribution is -0.147. The van der Waals surface area contributed by atoms with Crippen LogP contribution in [0, 0.1) is 0 Å². The summed E-state index contributed by atoms with van der Waals surface area (Å²) in [4.78, 5) is 23.7. The Labute approximate surface area is 201 Å². The molecule has 0 fully saturated rings. The minimum atomic E-state index is -4.76. The maximum absolute atomic E-state index is 12.0. The van der Waals surface area contributed by atoms with E-state index >= 15 is 0 Å². The highest BCUT2D eigenvalue weighted by Crippen LogP contribution is 2.14. The molecule has 0 rings (SSSR count). The van der Waals surface area contributed by atoms with Crippen molar-refractivity contribution < 1.29 is 32.0 Å². The summed E-state index contributed by atoms with van der Waals surface area (Å²) in [6.07, 6.45) is 20.8. The second-order valence-corrected chi connectivity index (χ2v) is 10.2. The summed E-state index contributed by atoms with van der Waals surface area (Å²) in [7, 11) is -4.76. The highest BCUT2D eigenvalue weighted by molar-refractivity contribution is 7.87. The van der Waals surface area contributed by atoms with Crippen molar-refractivity contribution in [3.8, 4) is 0 Å². The fraction of sp³-hybridized carbons (Fsp3) is 0.840. The van der Waals surface area contributed by atoms with Crippen molar-refractivity contribution in [1.29, 1.82) is 0 Å². The van der Waals surface area contributed by atoms with Crippen LogP contribution in [0.1, 0.15) is 123 Å². The molecule has 194 valence electrons. The maximum atomic E-state index is 12.0. The molecule has 0 spiro atoms. The molecule has 1 unspecified atom stereocenters. The number of esters is 2. The lowest BCUT2D eigenvalue weighted by Gasteiger charge is -2.12. The number of rotatable bonds is 22. The predicted molar refractivity (Wildman–Crippen MR) is 131 cm³/mol. The quantitative estimate of drug-likeness (QED) is 0.0797. The lowest BCUT2D eigenvalue weighted by Crippen LogP contribution is -2.34. The Bertz CT molecular complexity index is 629. The van der Waals surface area contributed by atoms with Gasteiger partial charge in [0.1, 0.15) is 0 Å². The van der Waals surface area contributed by atoms with Crippen LogP contribution < -0.4 is 0 Å². The Balaban J connectivity index is 3.77. The van der Waals surface area contributed by atoms with Crippen molar-refractivity contribution in [3.05, 3.63) is 12.3 Å². The number of unbranched alkanes of at least 4 members (excludes halogenated alkanes) is 14. The van der Waals surface area contributed by atoms with E-state index in [4.69, 9.17) is 9.47 Å². The third kappa shape index (κ3) is 19.7. The molecule has 0 aliphatic heterocycles. The van der Waals surface area contributed by atoms with E-state index in [0.29, 0.717) is 12.8 Å². The van der Waals surface area contributed by atoms with Gasteiger partial charge >= 0.3 is 11.9 Å². The van der Waals surface area contributed by atoms with Crippen LogP contribution >= 0.6 is 0 Å². The molecule has 0 aliphatic carbocycles. The number of hydrogen-bond donors (Lipinski definition) is 1. The van der Waals surface area contributed by atoms with E-state index in [2.05, 4.69) is 6.92 Å². The topological polar surface area (TPSA) is 107 Å². The van der Waals surface area contributed by atoms with Crippen molar-refractivity contribution in [3.63, 3.8) is 0 Å². The van der Waals surface area contributed by atoms with Crippen LogP contribution in [-0.4, -0.2) is 36.8 Å². The molecular formula is C25H46O7S. The molecule has 0 bridgehead atoms. The van der Waals surface area contributed by atoms with Crippen molar-refractivity contribution in [1.82, 2.24) is 0 Å². The predicted octanol–water partition coefficient (Wildman–Crippen LogP) is 6.51. The van der Waals surface area contributed by atoms with Crippen molar-refractivity contribution in [2.24, 2.45) is 0 Å². The number of ether oxygens (including phenoxy) is 2. The van der Waals surface area contributed by atoms with Gasteiger partial charge in [-0.3, -0.25) is 14.1 Å². The molecule has 0 aromatic rings. The summed E-state index contributed by atoms with van der Waals surface area (Å²) in [5.74, 6) is -2.05. The zero-order chi connectivity index (χ0) is 24.8. The summed E-state index contributed by atoms with van der Waals surface area (Å²) < 4.78 is 41.8. The van der Waals surface area contributed by atoms with Gasteiger partial charge in [0.15, 0.2) is 5.25 Å². The molecular weight excluding hydrogens is 444 g/mol. The summed E-state index contributed by atoms with van der Waals surface area (Å²) in [5, 5.41) is -1.96. The van der Waals surface area contributed by atoms with Crippen molar-refractivity contribution in [2.75, 3.05) is 6.61 Å². The highest BCUT2D eigenvalue weighted by Gasteiger charge is 2.35. The van der Waals surface area contributed by atoms with E-state index in [1.54, 1.807) is 6.08 Å². The van der Waals surface area contributed by atoms with Gasteiger partial charge in [0, 0.05) is 0 Å². The van der Waals surface area contributed by atoms with E-state index in [1.165, 1.54) is 70.6 Å². The van der Waals surface area contributed by atoms with Crippen molar-refractivity contribution >= 4 is 22.1 Å². The third-order valence-corrected chi connectivity index (χ3v) is 6.58. The van der Waals surface area contributed by atoms with E-state index in [0.717, 1.165) is 25.5 Å². The van der Waals surface area contributed by atoms with Crippen LogP contribution in [0.15, 0.2) is 12.3 Å². The van der Waals surface area contributed by atoms with Gasteiger partial charge in [-0.05, 0) is 18.9 Å². The monoisotopic (exact) mass is 490 g/mol. The molecule has 0 aromatic heterocycles. The molecule has 0 saturated carbocycles. The van der Waals surface area contributed by atoms with Crippen molar-refractivity contribution in [2.45, 2.75) is 128 Å². The largest absolute Gasteiger partial charge is 0.465 e. The first-order valence-corrected chi connectivity index (χ1v) is 14.3. The molecule has 0 heterocycles. The van der Waals surface area contributed by atoms with E-state index < -0.39 is 33.7 Å². The van der Waals surface area contributed by atoms with Crippen LogP contribution in [0.3, 0.4) is 0 Å². The first-order valence-electron chi connectivity index (χ1n) is 12.8. The number of hydrogen-bond acceptors (Lipinski definition) is 6. The molecule has 1 N–H and O–H groups in total. The molecule has 0 radical (unpaired) electrons. The molecule has 0 saturated heterocycles. The second-order valence-electron chi connectivity index (χ2n) is 8.59. The zero-order valence-corrected chi connectivity index (χ0v) is 21.6. The first-order chi connectivity index (χ1) is 15.8. The van der Waals surface area contributed by atoms with Gasteiger partial charge in [0.2, 0.25) is 0 Å². The molecule has 7 nitrogen and oxygen atoms in total. The maximum Gasteiger partial charge on any atom is 0.327 e. The lowest BCUT2D eigenvalue weighted by atomic mass is 10.0. The average molecular weight is 491 g/mol. The molecule has 0 amide bonds. The standard InChI is InChI=1S/C25H46O7S/c1-3-5-7-8-9-10-11-12-13-14-15-16-17-18-19-21-32-25(27)23(33(28,29)30)22-24(26)31-20-6-4-2/h6,20,23H,3-5,7-19,21-22H2,1-2H3,(H,28,29,30)/b20-6+. The first kappa shape index (κ1) is 31.6. The molecule has 1 atom stereocenters. The minimum absolute atomic E-state index is 0.0634. The van der Waals surface area contributed by atoms with Crippen LogP contribution in [-0.2, 0) is 29.2 Å².